The number of aromatic nitrogens is 2. The highest BCUT2D eigenvalue weighted by Gasteiger charge is 2.10. The molecule has 0 radical (unpaired) electrons. The fraction of sp³-hybridized carbons (Fsp3) is 0.312. The van der Waals surface area contributed by atoms with E-state index in [2.05, 4.69) is 10.4 Å². The second-order valence-electron chi connectivity index (χ2n) is 4.87. The third kappa shape index (κ3) is 5.65. The molecule has 25 heavy (non-hydrogen) atoms. The van der Waals surface area contributed by atoms with Crippen molar-refractivity contribution in [2.45, 2.75) is 13.5 Å². The molecule has 0 saturated carbocycles. The lowest BCUT2D eigenvalue weighted by molar-refractivity contribution is -0.122. The number of carbonyl (C=O) groups is 1. The van der Waals surface area contributed by atoms with Crippen LogP contribution in [0.1, 0.15) is 6.92 Å². The number of hydrogen-bond donors (Lipinski definition) is 1. The zero-order valence-electron chi connectivity index (χ0n) is 13.5. The zero-order valence-corrected chi connectivity index (χ0v) is 15.0. The number of carbonyl (C=O) groups excluding carboxylic acids is 1. The van der Waals surface area contributed by atoms with Crippen molar-refractivity contribution < 1.29 is 14.3 Å². The van der Waals surface area contributed by atoms with E-state index < -0.39 is 5.56 Å². The maximum Gasteiger partial charge on any atom is 0.287 e. The summed E-state index contributed by atoms with van der Waals surface area (Å²) in [4.78, 5) is 23.6. The van der Waals surface area contributed by atoms with Crippen molar-refractivity contribution in [3.63, 3.8) is 0 Å². The molecule has 1 amide bonds. The van der Waals surface area contributed by atoms with E-state index in [0.29, 0.717) is 12.4 Å². The van der Waals surface area contributed by atoms with Crippen molar-refractivity contribution in [1.29, 1.82) is 0 Å². The Kier molecular flexibility index (Phi) is 7.09. The Labute approximate surface area is 154 Å². The summed E-state index contributed by atoms with van der Waals surface area (Å²) < 4.78 is 11.8. The molecule has 0 aliphatic rings. The van der Waals surface area contributed by atoms with Crippen molar-refractivity contribution >= 4 is 29.1 Å². The number of ether oxygens (including phenoxy) is 2. The zero-order chi connectivity index (χ0) is 18.2. The van der Waals surface area contributed by atoms with Crippen LogP contribution in [0, 0.1) is 0 Å². The van der Waals surface area contributed by atoms with Crippen LogP contribution in [-0.2, 0) is 11.3 Å². The maximum absolute atomic E-state index is 11.8. The fourth-order valence-electron chi connectivity index (χ4n) is 1.91. The van der Waals surface area contributed by atoms with Crippen LogP contribution < -0.4 is 20.3 Å². The molecule has 0 fully saturated rings. The lowest BCUT2D eigenvalue weighted by Crippen LogP contribution is -2.35. The van der Waals surface area contributed by atoms with E-state index in [1.165, 1.54) is 6.20 Å². The van der Waals surface area contributed by atoms with E-state index in [4.69, 9.17) is 32.7 Å². The average molecular weight is 386 g/mol. The van der Waals surface area contributed by atoms with Crippen LogP contribution in [0.25, 0.3) is 0 Å². The van der Waals surface area contributed by atoms with Gasteiger partial charge in [-0.15, -0.1) is 0 Å². The first kappa shape index (κ1) is 19.1. The highest BCUT2D eigenvalue weighted by molar-refractivity contribution is 6.41. The Morgan fingerprint density at radius 3 is 2.48 bits per heavy atom. The fourth-order valence-corrected chi connectivity index (χ4v) is 2.18. The smallest absolute Gasteiger partial charge is 0.287 e. The van der Waals surface area contributed by atoms with Gasteiger partial charge in [-0.25, -0.2) is 4.68 Å². The van der Waals surface area contributed by atoms with E-state index in [9.17, 15) is 9.59 Å². The molecule has 2 rings (SSSR count). The van der Waals surface area contributed by atoms with Gasteiger partial charge < -0.3 is 14.8 Å². The van der Waals surface area contributed by atoms with Crippen LogP contribution in [0.4, 0.5) is 0 Å². The topological polar surface area (TPSA) is 82.4 Å². The predicted molar refractivity (Wildman–Crippen MR) is 94.6 cm³/mol. The average Bonchev–Trinajstić information content (AvgIpc) is 2.61. The van der Waals surface area contributed by atoms with Crippen LogP contribution in [0.2, 0.25) is 10.0 Å². The van der Waals surface area contributed by atoms with Gasteiger partial charge in [-0.3, -0.25) is 9.59 Å². The summed E-state index contributed by atoms with van der Waals surface area (Å²) in [5.41, 5.74) is -0.616. The molecule has 0 saturated heterocycles. The van der Waals surface area contributed by atoms with Gasteiger partial charge in [-0.05, 0) is 31.2 Å². The van der Waals surface area contributed by atoms with E-state index in [0.717, 1.165) is 10.4 Å². The van der Waals surface area contributed by atoms with Gasteiger partial charge in [0.05, 0.1) is 24.4 Å². The quantitative estimate of drug-likeness (QED) is 0.703. The summed E-state index contributed by atoms with van der Waals surface area (Å²) in [6.07, 6.45) is 1.22. The van der Waals surface area contributed by atoms with Crippen molar-refractivity contribution in [1.82, 2.24) is 15.1 Å². The number of hydrogen-bond acceptors (Lipinski definition) is 5. The molecule has 9 heteroatoms. The minimum absolute atomic E-state index is 0.0482. The highest BCUT2D eigenvalue weighted by atomic mass is 35.5. The SMILES string of the molecule is CCOc1ccc(OCCNC(=O)Cn2ncc(Cl)c(Cl)c2=O)cc1. The minimum Gasteiger partial charge on any atom is -0.494 e. The standard InChI is InChI=1S/C16H17Cl2N3O4/c1-2-24-11-3-5-12(6-4-11)25-8-7-19-14(22)10-21-16(23)15(18)13(17)9-20-21/h3-6,9H,2,7-8,10H2,1H3,(H,19,22). The van der Waals surface area contributed by atoms with Crippen molar-refractivity contribution in [2.24, 2.45) is 0 Å². The van der Waals surface area contributed by atoms with E-state index in [1.807, 2.05) is 6.92 Å². The number of halogens is 2. The third-order valence-corrected chi connectivity index (χ3v) is 3.81. The van der Waals surface area contributed by atoms with Crippen molar-refractivity contribution in [2.75, 3.05) is 19.8 Å². The summed E-state index contributed by atoms with van der Waals surface area (Å²) in [6.45, 7) is 2.82. The number of amides is 1. The first-order valence-corrected chi connectivity index (χ1v) is 8.30. The van der Waals surface area contributed by atoms with Crippen LogP contribution in [0.3, 0.4) is 0 Å². The lowest BCUT2D eigenvalue weighted by atomic mass is 10.3. The molecule has 0 aliphatic heterocycles. The van der Waals surface area contributed by atoms with Gasteiger partial charge in [0.1, 0.15) is 29.7 Å². The van der Waals surface area contributed by atoms with E-state index in [1.54, 1.807) is 24.3 Å². The third-order valence-electron chi connectivity index (χ3n) is 3.06. The Bertz CT molecular complexity index is 778. The highest BCUT2D eigenvalue weighted by Crippen LogP contribution is 2.17. The van der Waals surface area contributed by atoms with Gasteiger partial charge in [0.2, 0.25) is 5.91 Å². The summed E-state index contributed by atoms with van der Waals surface area (Å²) in [7, 11) is 0. The largest absolute Gasteiger partial charge is 0.494 e. The second kappa shape index (κ2) is 9.29. The van der Waals surface area contributed by atoms with Crippen molar-refractivity contribution in [3.05, 3.63) is 50.9 Å². The number of nitrogens with zero attached hydrogens (tertiary/aromatic N) is 2. The first-order valence-electron chi connectivity index (χ1n) is 7.54. The minimum atomic E-state index is -0.616. The van der Waals surface area contributed by atoms with E-state index >= 15 is 0 Å². The maximum atomic E-state index is 11.8. The summed E-state index contributed by atoms with van der Waals surface area (Å²) in [5, 5.41) is 6.28. The van der Waals surface area contributed by atoms with Gasteiger partial charge in [-0.1, -0.05) is 23.2 Å². The van der Waals surface area contributed by atoms with Crippen LogP contribution in [-0.4, -0.2) is 35.4 Å². The molecule has 1 N–H and O–H groups in total. The first-order chi connectivity index (χ1) is 12.0. The molecular formula is C16H17Cl2N3O4. The molecule has 2 aromatic rings. The molecular weight excluding hydrogens is 369 g/mol. The van der Waals surface area contributed by atoms with E-state index in [-0.39, 0.29) is 35.6 Å². The monoisotopic (exact) mass is 385 g/mol. The number of nitrogens with one attached hydrogen (secondary N) is 1. The summed E-state index contributed by atoms with van der Waals surface area (Å²) in [6, 6.07) is 7.18. The summed E-state index contributed by atoms with van der Waals surface area (Å²) >= 11 is 11.4. The van der Waals surface area contributed by atoms with Gasteiger partial charge in [0.15, 0.2) is 0 Å². The number of benzene rings is 1. The molecule has 1 aromatic carbocycles. The molecule has 0 aliphatic carbocycles. The van der Waals surface area contributed by atoms with Crippen LogP contribution in [0.5, 0.6) is 11.5 Å². The number of rotatable bonds is 8. The molecule has 0 bridgehead atoms. The Morgan fingerprint density at radius 2 is 1.84 bits per heavy atom. The molecule has 1 heterocycles. The molecule has 0 unspecified atom stereocenters. The predicted octanol–water partition coefficient (Wildman–Crippen LogP) is 2.14. The van der Waals surface area contributed by atoms with Gasteiger partial charge in [0.25, 0.3) is 5.56 Å². The Hall–Kier alpha value is -2.25. The Balaban J connectivity index is 1.75. The van der Waals surface area contributed by atoms with Gasteiger partial charge >= 0.3 is 0 Å². The van der Waals surface area contributed by atoms with Crippen LogP contribution >= 0.6 is 23.2 Å². The van der Waals surface area contributed by atoms with Crippen LogP contribution in [0.15, 0.2) is 35.3 Å². The van der Waals surface area contributed by atoms with Gasteiger partial charge in [-0.2, -0.15) is 5.10 Å². The Morgan fingerprint density at radius 1 is 1.20 bits per heavy atom. The molecule has 1 aromatic heterocycles. The molecule has 0 spiro atoms. The summed E-state index contributed by atoms with van der Waals surface area (Å²) in [5.74, 6) is 1.05. The van der Waals surface area contributed by atoms with Crippen molar-refractivity contribution in [3.8, 4) is 11.5 Å². The lowest BCUT2D eigenvalue weighted by Gasteiger charge is -2.09. The normalized spacial score (nSPS) is 10.4. The molecule has 7 nitrogen and oxygen atoms in total. The molecule has 134 valence electrons. The van der Waals surface area contributed by atoms with Gasteiger partial charge in [0, 0.05) is 0 Å². The molecule has 0 atom stereocenters. The second-order valence-corrected chi connectivity index (χ2v) is 5.66.